The Morgan fingerprint density at radius 3 is 2.34 bits per heavy atom. The van der Waals surface area contributed by atoms with Crippen LogP contribution in [0.25, 0.3) is 11.1 Å². The van der Waals surface area contributed by atoms with E-state index in [0.717, 1.165) is 35.5 Å². The Morgan fingerprint density at radius 2 is 1.69 bits per heavy atom. The maximum absolute atomic E-state index is 12.6. The van der Waals surface area contributed by atoms with Gasteiger partial charge in [-0.1, -0.05) is 36.4 Å². The summed E-state index contributed by atoms with van der Waals surface area (Å²) in [5, 5.41) is 13.1. The molecule has 1 unspecified atom stereocenters. The van der Waals surface area contributed by atoms with E-state index in [1.165, 1.54) is 25.7 Å². The first kappa shape index (κ1) is 23.3. The Kier molecular flexibility index (Phi) is 6.95. The molecule has 0 radical (unpaired) electrons. The number of hydrogen-bond acceptors (Lipinski definition) is 4. The molecule has 5 rings (SSSR count). The van der Waals surface area contributed by atoms with Crippen LogP contribution in [0.3, 0.4) is 0 Å². The van der Waals surface area contributed by atoms with Gasteiger partial charge in [0.25, 0.3) is 5.91 Å². The van der Waals surface area contributed by atoms with Crippen LogP contribution in [0.2, 0.25) is 0 Å². The molecule has 0 bridgehead atoms. The lowest BCUT2D eigenvalue weighted by Crippen LogP contribution is -2.40. The van der Waals surface area contributed by atoms with Gasteiger partial charge in [-0.25, -0.2) is 0 Å². The summed E-state index contributed by atoms with van der Waals surface area (Å²) in [4.78, 5) is 27.4. The van der Waals surface area contributed by atoms with E-state index in [1.54, 1.807) is 0 Å². The molecule has 1 saturated heterocycles. The van der Waals surface area contributed by atoms with Crippen molar-refractivity contribution < 1.29 is 9.59 Å². The topological polar surface area (TPSA) is 90.1 Å². The molecule has 2 amide bonds. The number of carbonyl (C=O) groups is 2. The minimum Gasteiger partial charge on any atom is -0.350 e. The monoisotopic (exact) mass is 471 g/mol. The first-order valence-corrected chi connectivity index (χ1v) is 12.6. The van der Waals surface area contributed by atoms with Crippen molar-refractivity contribution in [3.63, 3.8) is 0 Å². The van der Waals surface area contributed by atoms with Crippen molar-refractivity contribution in [2.24, 2.45) is 0 Å². The summed E-state index contributed by atoms with van der Waals surface area (Å²) in [6.07, 6.45) is 5.17. The fourth-order valence-corrected chi connectivity index (χ4v) is 4.66. The standard InChI is InChI=1S/C28H33N5O2/c1-19(33-14-2-3-15-33)18-29-28(35)24-12-8-22(9-13-24)21-6-4-20(5-7-21)16-27(34)30-26-17-25(31-32-26)23-10-11-23/h4-9,12-13,17,19,23H,2-3,10-11,14-16,18H2,1H3,(H,29,35)(H2,30,31,32,34). The maximum Gasteiger partial charge on any atom is 0.251 e. The Morgan fingerprint density at radius 1 is 1.03 bits per heavy atom. The van der Waals surface area contributed by atoms with Gasteiger partial charge in [0.15, 0.2) is 5.82 Å². The van der Waals surface area contributed by atoms with E-state index in [9.17, 15) is 9.59 Å². The lowest BCUT2D eigenvalue weighted by atomic mass is 10.0. The van der Waals surface area contributed by atoms with Crippen molar-refractivity contribution in [1.82, 2.24) is 20.4 Å². The minimum absolute atomic E-state index is 0.0369. The molecular formula is C28H33N5O2. The third kappa shape index (κ3) is 5.98. The van der Waals surface area contributed by atoms with Crippen LogP contribution in [0.4, 0.5) is 5.82 Å². The van der Waals surface area contributed by atoms with Crippen LogP contribution in [0.15, 0.2) is 54.6 Å². The number of aromatic nitrogens is 2. The van der Waals surface area contributed by atoms with Gasteiger partial charge in [-0.05, 0) is 74.5 Å². The SMILES string of the molecule is CC(CNC(=O)c1ccc(-c2ccc(CC(=O)Nc3cc(C4CC4)[nH]n3)cc2)cc1)N1CCCC1. The molecule has 1 aliphatic carbocycles. The molecule has 182 valence electrons. The second kappa shape index (κ2) is 10.4. The van der Waals surface area contributed by atoms with Crippen LogP contribution in [-0.4, -0.2) is 52.6 Å². The lowest BCUT2D eigenvalue weighted by molar-refractivity contribution is -0.115. The van der Waals surface area contributed by atoms with Gasteiger partial charge in [-0.2, -0.15) is 5.10 Å². The molecule has 1 saturated carbocycles. The minimum atomic E-state index is -0.0824. The first-order valence-electron chi connectivity index (χ1n) is 12.6. The van der Waals surface area contributed by atoms with Gasteiger partial charge in [0.1, 0.15) is 0 Å². The molecule has 1 atom stereocenters. The van der Waals surface area contributed by atoms with E-state index in [2.05, 4.69) is 32.7 Å². The predicted octanol–water partition coefficient (Wildman–Crippen LogP) is 4.35. The largest absolute Gasteiger partial charge is 0.350 e. The van der Waals surface area contributed by atoms with Crippen molar-refractivity contribution in [3.05, 3.63) is 71.4 Å². The van der Waals surface area contributed by atoms with Crippen molar-refractivity contribution in [3.8, 4) is 11.1 Å². The molecular weight excluding hydrogens is 438 g/mol. The van der Waals surface area contributed by atoms with Gasteiger partial charge < -0.3 is 10.6 Å². The maximum atomic E-state index is 12.6. The van der Waals surface area contributed by atoms with Gasteiger partial charge in [0.05, 0.1) is 6.42 Å². The normalized spacial score (nSPS) is 16.7. The third-order valence-corrected chi connectivity index (χ3v) is 7.00. The summed E-state index contributed by atoms with van der Waals surface area (Å²) in [7, 11) is 0. The highest BCUT2D eigenvalue weighted by atomic mass is 16.2. The third-order valence-electron chi connectivity index (χ3n) is 7.00. The molecule has 3 N–H and O–H groups in total. The molecule has 2 heterocycles. The van der Waals surface area contributed by atoms with E-state index in [-0.39, 0.29) is 11.8 Å². The van der Waals surface area contributed by atoms with Crippen LogP contribution >= 0.6 is 0 Å². The van der Waals surface area contributed by atoms with E-state index in [0.29, 0.717) is 36.3 Å². The summed E-state index contributed by atoms with van der Waals surface area (Å²) < 4.78 is 0. The molecule has 1 aromatic heterocycles. The van der Waals surface area contributed by atoms with Crippen LogP contribution < -0.4 is 10.6 Å². The molecule has 2 aliphatic rings. The second-order valence-electron chi connectivity index (χ2n) is 9.78. The molecule has 2 fully saturated rings. The zero-order chi connectivity index (χ0) is 24.2. The number of anilines is 1. The smallest absolute Gasteiger partial charge is 0.251 e. The molecule has 7 nitrogen and oxygen atoms in total. The van der Waals surface area contributed by atoms with E-state index < -0.39 is 0 Å². The van der Waals surface area contributed by atoms with Crippen molar-refractivity contribution >= 4 is 17.6 Å². The van der Waals surface area contributed by atoms with Crippen LogP contribution in [0.1, 0.15) is 60.1 Å². The Labute approximate surface area is 206 Å². The predicted molar refractivity (Wildman–Crippen MR) is 137 cm³/mol. The van der Waals surface area contributed by atoms with Gasteiger partial charge in [-0.3, -0.25) is 19.6 Å². The number of nitrogens with zero attached hydrogens (tertiary/aromatic N) is 2. The zero-order valence-corrected chi connectivity index (χ0v) is 20.2. The Hall–Kier alpha value is -3.45. The summed E-state index contributed by atoms with van der Waals surface area (Å²) in [6, 6.07) is 17.9. The summed E-state index contributed by atoms with van der Waals surface area (Å²) in [5.41, 5.74) is 4.79. The van der Waals surface area contributed by atoms with Gasteiger partial charge in [0.2, 0.25) is 5.91 Å². The highest BCUT2D eigenvalue weighted by molar-refractivity contribution is 5.94. The fraction of sp³-hybridized carbons (Fsp3) is 0.393. The number of rotatable bonds is 9. The molecule has 7 heteroatoms. The lowest BCUT2D eigenvalue weighted by Gasteiger charge is -2.23. The number of aromatic amines is 1. The van der Waals surface area contributed by atoms with Gasteiger partial charge in [0, 0.05) is 35.8 Å². The van der Waals surface area contributed by atoms with Crippen LogP contribution in [-0.2, 0) is 11.2 Å². The van der Waals surface area contributed by atoms with Crippen molar-refractivity contribution in [1.29, 1.82) is 0 Å². The Balaban J connectivity index is 1.12. The second-order valence-corrected chi connectivity index (χ2v) is 9.78. The zero-order valence-electron chi connectivity index (χ0n) is 20.2. The molecule has 3 aromatic rings. The molecule has 35 heavy (non-hydrogen) atoms. The fourth-order valence-electron chi connectivity index (χ4n) is 4.66. The van der Waals surface area contributed by atoms with Gasteiger partial charge in [-0.15, -0.1) is 0 Å². The number of carbonyl (C=O) groups excluding carboxylic acids is 2. The van der Waals surface area contributed by atoms with Crippen molar-refractivity contribution in [2.75, 3.05) is 25.0 Å². The Bertz CT molecular complexity index is 1160. The van der Waals surface area contributed by atoms with Crippen LogP contribution in [0.5, 0.6) is 0 Å². The summed E-state index contributed by atoms with van der Waals surface area (Å²) in [6.45, 7) is 5.09. The quantitative estimate of drug-likeness (QED) is 0.433. The van der Waals surface area contributed by atoms with Gasteiger partial charge >= 0.3 is 0 Å². The highest BCUT2D eigenvalue weighted by Crippen LogP contribution is 2.39. The number of likely N-dealkylation sites (tertiary alicyclic amines) is 1. The molecule has 2 aromatic carbocycles. The molecule has 0 spiro atoms. The summed E-state index contributed by atoms with van der Waals surface area (Å²) >= 11 is 0. The highest BCUT2D eigenvalue weighted by Gasteiger charge is 2.25. The van der Waals surface area contributed by atoms with Crippen molar-refractivity contribution in [2.45, 2.75) is 51.0 Å². The van der Waals surface area contributed by atoms with E-state index in [4.69, 9.17) is 0 Å². The van der Waals surface area contributed by atoms with Crippen LogP contribution in [0, 0.1) is 0 Å². The number of hydrogen-bond donors (Lipinski definition) is 3. The first-order chi connectivity index (χ1) is 17.0. The number of amides is 2. The number of benzene rings is 2. The van der Waals surface area contributed by atoms with E-state index >= 15 is 0 Å². The summed E-state index contributed by atoms with van der Waals surface area (Å²) in [5.74, 6) is 1.04. The average Bonchev–Trinajstić information content (AvgIpc) is 3.36. The molecule has 1 aliphatic heterocycles. The number of nitrogens with one attached hydrogen (secondary N) is 3. The van der Waals surface area contributed by atoms with E-state index in [1.807, 2.05) is 54.6 Å². The number of H-pyrrole nitrogens is 1. The average molecular weight is 472 g/mol.